The van der Waals surface area contributed by atoms with E-state index >= 15 is 0 Å². The lowest BCUT2D eigenvalue weighted by Crippen LogP contribution is -2.50. The smallest absolute Gasteiger partial charge is 0.0685 e. The number of hydrogen-bond donors (Lipinski definition) is 1. The second-order valence-corrected chi connectivity index (χ2v) is 7.10. The third-order valence-electron chi connectivity index (χ3n) is 5.81. The molecule has 0 bridgehead atoms. The summed E-state index contributed by atoms with van der Waals surface area (Å²) in [6.45, 7) is 1.96. The van der Waals surface area contributed by atoms with Gasteiger partial charge in [0.15, 0.2) is 0 Å². The summed E-state index contributed by atoms with van der Waals surface area (Å²) < 4.78 is 11.9. The summed E-state index contributed by atoms with van der Waals surface area (Å²) in [6.07, 6.45) is 13.4. The van der Waals surface area contributed by atoms with Crippen molar-refractivity contribution >= 4 is 0 Å². The van der Waals surface area contributed by atoms with E-state index in [-0.39, 0.29) is 5.60 Å². The first kappa shape index (κ1) is 14.8. The summed E-state index contributed by atoms with van der Waals surface area (Å²) in [6, 6.07) is 0.655. The van der Waals surface area contributed by atoms with E-state index in [4.69, 9.17) is 9.47 Å². The maximum Gasteiger partial charge on any atom is 0.0685 e. The van der Waals surface area contributed by atoms with Crippen molar-refractivity contribution in [1.82, 2.24) is 5.32 Å². The molecule has 2 saturated heterocycles. The zero-order valence-electron chi connectivity index (χ0n) is 13.0. The van der Waals surface area contributed by atoms with Crippen LogP contribution in [0.25, 0.3) is 0 Å². The van der Waals surface area contributed by atoms with E-state index in [0.717, 1.165) is 19.1 Å². The first-order valence-electron chi connectivity index (χ1n) is 8.74. The molecule has 1 saturated carbocycles. The molecule has 0 aromatic rings. The van der Waals surface area contributed by atoms with Crippen LogP contribution in [-0.4, -0.2) is 38.0 Å². The van der Waals surface area contributed by atoms with Crippen molar-refractivity contribution in [3.63, 3.8) is 0 Å². The molecule has 3 nitrogen and oxygen atoms in total. The average molecular weight is 281 g/mol. The van der Waals surface area contributed by atoms with Crippen molar-refractivity contribution in [1.29, 1.82) is 0 Å². The van der Waals surface area contributed by atoms with Gasteiger partial charge < -0.3 is 14.8 Å². The zero-order valence-corrected chi connectivity index (χ0v) is 13.0. The molecule has 0 aromatic heterocycles. The normalized spacial score (nSPS) is 34.6. The molecule has 20 heavy (non-hydrogen) atoms. The summed E-state index contributed by atoms with van der Waals surface area (Å²) in [7, 11) is 2.13. The fourth-order valence-electron chi connectivity index (χ4n) is 4.34. The topological polar surface area (TPSA) is 30.5 Å². The van der Waals surface area contributed by atoms with Gasteiger partial charge in [0.05, 0.1) is 11.7 Å². The van der Waals surface area contributed by atoms with Crippen molar-refractivity contribution in [3.05, 3.63) is 0 Å². The SMILES string of the molecule is CNC(CCC1CCCCO1)C1CCOC2(CCC2)C1. The Bertz CT molecular complexity index is 297. The van der Waals surface area contributed by atoms with Gasteiger partial charge in [0.1, 0.15) is 0 Å². The van der Waals surface area contributed by atoms with Gasteiger partial charge in [-0.1, -0.05) is 0 Å². The minimum absolute atomic E-state index is 0.277. The van der Waals surface area contributed by atoms with E-state index in [1.165, 1.54) is 64.2 Å². The van der Waals surface area contributed by atoms with Gasteiger partial charge in [0.2, 0.25) is 0 Å². The lowest BCUT2D eigenvalue weighted by Gasteiger charge is -2.49. The molecular weight excluding hydrogens is 250 g/mol. The molecule has 2 aliphatic heterocycles. The second-order valence-electron chi connectivity index (χ2n) is 7.10. The van der Waals surface area contributed by atoms with Crippen LogP contribution < -0.4 is 5.32 Å². The highest BCUT2D eigenvalue weighted by molar-refractivity contribution is 4.96. The Morgan fingerprint density at radius 2 is 2.05 bits per heavy atom. The van der Waals surface area contributed by atoms with E-state index in [1.807, 2.05) is 0 Å². The second kappa shape index (κ2) is 6.76. The number of ether oxygens (including phenoxy) is 2. The van der Waals surface area contributed by atoms with Crippen LogP contribution in [0.2, 0.25) is 0 Å². The van der Waals surface area contributed by atoms with E-state index < -0.39 is 0 Å². The van der Waals surface area contributed by atoms with Gasteiger partial charge in [0.25, 0.3) is 0 Å². The molecule has 1 aliphatic carbocycles. The summed E-state index contributed by atoms with van der Waals surface area (Å²) in [4.78, 5) is 0. The minimum Gasteiger partial charge on any atom is -0.378 e. The van der Waals surface area contributed by atoms with Crippen molar-refractivity contribution < 1.29 is 9.47 Å². The van der Waals surface area contributed by atoms with Crippen LogP contribution in [-0.2, 0) is 9.47 Å². The summed E-state index contributed by atoms with van der Waals surface area (Å²) in [5.41, 5.74) is 0.277. The highest BCUT2D eigenvalue weighted by Crippen LogP contribution is 2.45. The maximum absolute atomic E-state index is 6.07. The molecule has 3 atom stereocenters. The van der Waals surface area contributed by atoms with Gasteiger partial charge in [-0.2, -0.15) is 0 Å². The molecule has 3 unspecified atom stereocenters. The van der Waals surface area contributed by atoms with Crippen molar-refractivity contribution in [2.45, 2.75) is 82.0 Å². The number of hydrogen-bond acceptors (Lipinski definition) is 3. The fraction of sp³-hybridized carbons (Fsp3) is 1.00. The van der Waals surface area contributed by atoms with Crippen LogP contribution in [0.15, 0.2) is 0 Å². The van der Waals surface area contributed by atoms with Crippen molar-refractivity contribution in [2.24, 2.45) is 5.92 Å². The van der Waals surface area contributed by atoms with Gasteiger partial charge in [-0.25, -0.2) is 0 Å². The van der Waals surface area contributed by atoms with E-state index in [2.05, 4.69) is 12.4 Å². The molecule has 0 aromatic carbocycles. The molecular formula is C17H31NO2. The molecule has 3 fully saturated rings. The van der Waals surface area contributed by atoms with Crippen molar-refractivity contribution in [3.8, 4) is 0 Å². The number of nitrogens with one attached hydrogen (secondary N) is 1. The third-order valence-corrected chi connectivity index (χ3v) is 5.81. The summed E-state index contributed by atoms with van der Waals surface area (Å²) >= 11 is 0. The molecule has 0 radical (unpaired) electrons. The quantitative estimate of drug-likeness (QED) is 0.839. The van der Waals surface area contributed by atoms with Crippen LogP contribution in [0.3, 0.4) is 0 Å². The average Bonchev–Trinajstić information content (AvgIpc) is 2.48. The van der Waals surface area contributed by atoms with Crippen LogP contribution in [0.4, 0.5) is 0 Å². The standard InChI is InChI=1S/C17H31NO2/c1-18-16(7-6-15-5-2-3-11-19-15)14-8-12-20-17(13-14)9-4-10-17/h14-16,18H,2-13H2,1H3. The van der Waals surface area contributed by atoms with Gasteiger partial charge in [-0.05, 0) is 77.2 Å². The molecule has 1 spiro atoms. The van der Waals surface area contributed by atoms with Gasteiger partial charge in [-0.15, -0.1) is 0 Å². The van der Waals surface area contributed by atoms with Gasteiger partial charge in [0, 0.05) is 19.3 Å². The van der Waals surface area contributed by atoms with Gasteiger partial charge in [-0.3, -0.25) is 0 Å². The first-order valence-corrected chi connectivity index (χ1v) is 8.74. The molecule has 1 N–H and O–H groups in total. The van der Waals surface area contributed by atoms with E-state index in [0.29, 0.717) is 12.1 Å². The predicted molar refractivity (Wildman–Crippen MR) is 80.9 cm³/mol. The highest BCUT2D eigenvalue weighted by atomic mass is 16.5. The molecule has 2 heterocycles. The third kappa shape index (κ3) is 3.37. The van der Waals surface area contributed by atoms with Crippen LogP contribution in [0, 0.1) is 5.92 Å². The molecule has 0 amide bonds. The fourth-order valence-corrected chi connectivity index (χ4v) is 4.34. The Labute approximate surface area is 123 Å². The first-order chi connectivity index (χ1) is 9.81. The Balaban J connectivity index is 1.47. The predicted octanol–water partition coefficient (Wildman–Crippen LogP) is 3.27. The molecule has 3 aliphatic rings. The van der Waals surface area contributed by atoms with E-state index in [1.54, 1.807) is 0 Å². The lowest BCUT2D eigenvalue weighted by molar-refractivity contribution is -0.147. The molecule has 3 rings (SSSR count). The van der Waals surface area contributed by atoms with E-state index in [9.17, 15) is 0 Å². The molecule has 116 valence electrons. The highest BCUT2D eigenvalue weighted by Gasteiger charge is 2.44. The minimum atomic E-state index is 0.277. The van der Waals surface area contributed by atoms with Gasteiger partial charge >= 0.3 is 0 Å². The van der Waals surface area contributed by atoms with Crippen LogP contribution >= 0.6 is 0 Å². The Morgan fingerprint density at radius 3 is 2.70 bits per heavy atom. The summed E-state index contributed by atoms with van der Waals surface area (Å²) in [5.74, 6) is 0.803. The Hall–Kier alpha value is -0.120. The maximum atomic E-state index is 6.07. The zero-order chi connectivity index (χ0) is 13.8. The Morgan fingerprint density at radius 1 is 1.15 bits per heavy atom. The Kier molecular flexibility index (Phi) is 5.00. The van der Waals surface area contributed by atoms with Crippen molar-refractivity contribution in [2.75, 3.05) is 20.3 Å². The van der Waals surface area contributed by atoms with Crippen LogP contribution in [0.5, 0.6) is 0 Å². The summed E-state index contributed by atoms with van der Waals surface area (Å²) in [5, 5.41) is 3.59. The lowest BCUT2D eigenvalue weighted by atomic mass is 9.70. The molecule has 3 heteroatoms. The van der Waals surface area contributed by atoms with Crippen LogP contribution in [0.1, 0.15) is 64.2 Å². The number of rotatable bonds is 5. The monoisotopic (exact) mass is 281 g/mol. The largest absolute Gasteiger partial charge is 0.378 e.